The lowest BCUT2D eigenvalue weighted by Gasteiger charge is -2.28. The second-order valence-corrected chi connectivity index (χ2v) is 5.30. The molecule has 1 aromatic rings. The number of amides is 1. The Hall–Kier alpha value is -1.66. The van der Waals surface area contributed by atoms with Crippen LogP contribution in [0.25, 0.3) is 0 Å². The zero-order chi connectivity index (χ0) is 14.7. The number of nitrogens with one attached hydrogen (secondary N) is 1. The van der Waals surface area contributed by atoms with Crippen molar-refractivity contribution >= 4 is 5.91 Å². The summed E-state index contributed by atoms with van der Waals surface area (Å²) in [6.45, 7) is 4.43. The van der Waals surface area contributed by atoms with Crippen LogP contribution in [-0.2, 0) is 19.5 Å². The predicted molar refractivity (Wildman–Crippen MR) is 77.3 cm³/mol. The number of pyridine rings is 1. The number of nitrogens with zero attached hydrogens (tertiary/aromatic N) is 2. The van der Waals surface area contributed by atoms with Gasteiger partial charge in [-0.15, -0.1) is 0 Å². The maximum absolute atomic E-state index is 12.5. The number of hydrazine groups is 1. The van der Waals surface area contributed by atoms with Crippen molar-refractivity contribution in [2.24, 2.45) is 5.84 Å². The fraction of sp³-hybridized carbons (Fsp3) is 0.571. The van der Waals surface area contributed by atoms with Crippen LogP contribution >= 0.6 is 0 Å². The summed E-state index contributed by atoms with van der Waals surface area (Å²) in [6, 6.07) is 1.69. The largest absolute Gasteiger partial charge is 0.312 e. The average Bonchev–Trinajstić information content (AvgIpc) is 2.45. The SMILES string of the molecule is CCCCn1c2c(cc(C(=O)NN)c1=O)CN(C)CC2. The molecule has 20 heavy (non-hydrogen) atoms. The van der Waals surface area contributed by atoms with Gasteiger partial charge in [-0.25, -0.2) is 5.84 Å². The fourth-order valence-electron chi connectivity index (χ4n) is 2.65. The highest BCUT2D eigenvalue weighted by Crippen LogP contribution is 2.18. The molecule has 0 spiro atoms. The Balaban J connectivity index is 2.54. The Bertz CT molecular complexity index is 565. The van der Waals surface area contributed by atoms with E-state index in [1.54, 1.807) is 10.6 Å². The van der Waals surface area contributed by atoms with Crippen LogP contribution in [0.5, 0.6) is 0 Å². The van der Waals surface area contributed by atoms with Gasteiger partial charge in [0.2, 0.25) is 0 Å². The molecule has 6 nitrogen and oxygen atoms in total. The van der Waals surface area contributed by atoms with Crippen LogP contribution in [-0.4, -0.2) is 29.0 Å². The van der Waals surface area contributed by atoms with E-state index in [9.17, 15) is 9.59 Å². The molecule has 0 radical (unpaired) electrons. The first kappa shape index (κ1) is 14.7. The topological polar surface area (TPSA) is 80.4 Å². The average molecular weight is 278 g/mol. The first-order valence-corrected chi connectivity index (χ1v) is 7.03. The molecular formula is C14H22N4O2. The zero-order valence-electron chi connectivity index (χ0n) is 12.1. The maximum Gasteiger partial charge on any atom is 0.270 e. The molecule has 3 N–H and O–H groups in total. The van der Waals surface area contributed by atoms with E-state index in [1.807, 2.05) is 7.05 Å². The van der Waals surface area contributed by atoms with Gasteiger partial charge in [0.1, 0.15) is 5.56 Å². The van der Waals surface area contributed by atoms with Crippen LogP contribution in [0.1, 0.15) is 41.4 Å². The number of aromatic nitrogens is 1. The molecule has 0 saturated carbocycles. The van der Waals surface area contributed by atoms with E-state index in [1.165, 1.54) is 0 Å². The third kappa shape index (κ3) is 2.76. The number of unbranched alkanes of at least 4 members (excludes halogenated alkanes) is 1. The first-order chi connectivity index (χ1) is 9.58. The molecule has 110 valence electrons. The van der Waals surface area contributed by atoms with Gasteiger partial charge in [-0.2, -0.15) is 0 Å². The van der Waals surface area contributed by atoms with Crippen LogP contribution in [0.3, 0.4) is 0 Å². The number of likely N-dealkylation sites (N-methyl/N-ethyl adjacent to an activating group) is 1. The van der Waals surface area contributed by atoms with Gasteiger partial charge in [0.15, 0.2) is 0 Å². The molecule has 0 aromatic carbocycles. The summed E-state index contributed by atoms with van der Waals surface area (Å²) in [4.78, 5) is 26.4. The summed E-state index contributed by atoms with van der Waals surface area (Å²) in [7, 11) is 2.03. The van der Waals surface area contributed by atoms with Crippen molar-refractivity contribution in [1.29, 1.82) is 0 Å². The molecule has 1 aliphatic rings. The number of hydrogen-bond donors (Lipinski definition) is 2. The Kier molecular flexibility index (Phi) is 4.57. The van der Waals surface area contributed by atoms with Gasteiger partial charge in [0.05, 0.1) is 0 Å². The zero-order valence-corrected chi connectivity index (χ0v) is 12.1. The molecule has 1 aromatic heterocycles. The van der Waals surface area contributed by atoms with Crippen LogP contribution in [0, 0.1) is 0 Å². The third-order valence-electron chi connectivity index (χ3n) is 3.77. The Morgan fingerprint density at radius 1 is 1.50 bits per heavy atom. The van der Waals surface area contributed by atoms with Crippen molar-refractivity contribution in [2.45, 2.75) is 39.3 Å². The van der Waals surface area contributed by atoms with Gasteiger partial charge in [-0.05, 0) is 25.1 Å². The highest BCUT2D eigenvalue weighted by molar-refractivity contribution is 5.93. The molecule has 0 atom stereocenters. The van der Waals surface area contributed by atoms with Gasteiger partial charge in [0, 0.05) is 31.7 Å². The quantitative estimate of drug-likeness (QED) is 0.470. The standard InChI is InChI=1S/C14H22N4O2/c1-3-4-6-18-12-5-7-17(2)9-10(12)8-11(14(18)20)13(19)16-15/h8H,3-7,9,15H2,1-2H3,(H,16,19). The monoisotopic (exact) mass is 278 g/mol. The lowest BCUT2D eigenvalue weighted by atomic mass is 10.0. The van der Waals surface area contributed by atoms with Gasteiger partial charge >= 0.3 is 0 Å². The van der Waals surface area contributed by atoms with Crippen molar-refractivity contribution in [1.82, 2.24) is 14.9 Å². The van der Waals surface area contributed by atoms with Crippen molar-refractivity contribution in [3.63, 3.8) is 0 Å². The molecule has 2 rings (SSSR count). The Labute approximate surface area is 118 Å². The van der Waals surface area contributed by atoms with Crippen LogP contribution in [0.2, 0.25) is 0 Å². The summed E-state index contributed by atoms with van der Waals surface area (Å²) in [5.74, 6) is 4.65. The highest BCUT2D eigenvalue weighted by Gasteiger charge is 2.22. The summed E-state index contributed by atoms with van der Waals surface area (Å²) in [5.41, 5.74) is 4.08. The molecule has 0 unspecified atom stereocenters. The minimum atomic E-state index is -0.517. The number of carbonyl (C=O) groups excluding carboxylic acids is 1. The predicted octanol–water partition coefficient (Wildman–Crippen LogP) is 0.240. The molecule has 0 saturated heterocycles. The van der Waals surface area contributed by atoms with Crippen LogP contribution in [0.15, 0.2) is 10.9 Å². The fourth-order valence-corrected chi connectivity index (χ4v) is 2.65. The van der Waals surface area contributed by atoms with Crippen molar-refractivity contribution in [3.8, 4) is 0 Å². The lowest BCUT2D eigenvalue weighted by molar-refractivity contribution is 0.0951. The van der Waals surface area contributed by atoms with E-state index >= 15 is 0 Å². The van der Waals surface area contributed by atoms with Gasteiger partial charge in [-0.1, -0.05) is 13.3 Å². The van der Waals surface area contributed by atoms with E-state index in [-0.39, 0.29) is 11.1 Å². The second kappa shape index (κ2) is 6.19. The molecule has 2 heterocycles. The van der Waals surface area contributed by atoms with E-state index < -0.39 is 5.91 Å². The summed E-state index contributed by atoms with van der Waals surface area (Å²) < 4.78 is 1.76. The van der Waals surface area contributed by atoms with E-state index in [0.29, 0.717) is 6.54 Å². The minimum Gasteiger partial charge on any atom is -0.312 e. The third-order valence-corrected chi connectivity index (χ3v) is 3.77. The number of fused-ring (bicyclic) bond motifs is 1. The first-order valence-electron chi connectivity index (χ1n) is 7.03. The van der Waals surface area contributed by atoms with E-state index in [0.717, 1.165) is 43.6 Å². The van der Waals surface area contributed by atoms with E-state index in [2.05, 4.69) is 17.2 Å². The minimum absolute atomic E-state index is 0.137. The number of nitrogens with two attached hydrogens (primary N) is 1. The second-order valence-electron chi connectivity index (χ2n) is 5.30. The van der Waals surface area contributed by atoms with Crippen molar-refractivity contribution < 1.29 is 4.79 Å². The molecule has 0 aliphatic carbocycles. The number of hydrogen-bond acceptors (Lipinski definition) is 4. The van der Waals surface area contributed by atoms with Gasteiger partial charge in [-0.3, -0.25) is 15.0 Å². The van der Waals surface area contributed by atoms with E-state index in [4.69, 9.17) is 5.84 Å². The normalized spacial score (nSPS) is 14.9. The van der Waals surface area contributed by atoms with Crippen molar-refractivity contribution in [3.05, 3.63) is 33.2 Å². The smallest absolute Gasteiger partial charge is 0.270 e. The van der Waals surface area contributed by atoms with Gasteiger partial charge < -0.3 is 9.47 Å². The number of rotatable bonds is 4. The summed E-state index contributed by atoms with van der Waals surface area (Å²) in [6.07, 6.45) is 2.78. The molecular weight excluding hydrogens is 256 g/mol. The van der Waals surface area contributed by atoms with Gasteiger partial charge in [0.25, 0.3) is 11.5 Å². The summed E-state index contributed by atoms with van der Waals surface area (Å²) in [5, 5.41) is 0. The molecule has 1 aliphatic heterocycles. The van der Waals surface area contributed by atoms with Crippen molar-refractivity contribution in [2.75, 3.05) is 13.6 Å². The number of carbonyl (C=O) groups is 1. The molecule has 0 fully saturated rings. The lowest BCUT2D eigenvalue weighted by Crippen LogP contribution is -2.40. The number of nitrogen functional groups attached to an aromatic ring is 1. The Morgan fingerprint density at radius 2 is 2.25 bits per heavy atom. The molecule has 6 heteroatoms. The Morgan fingerprint density at radius 3 is 2.90 bits per heavy atom. The van der Waals surface area contributed by atoms with Crippen LogP contribution in [0.4, 0.5) is 0 Å². The highest BCUT2D eigenvalue weighted by atomic mass is 16.2. The summed E-state index contributed by atoms with van der Waals surface area (Å²) >= 11 is 0. The molecule has 0 bridgehead atoms. The van der Waals surface area contributed by atoms with Crippen LogP contribution < -0.4 is 16.8 Å². The maximum atomic E-state index is 12.5. The molecule has 1 amide bonds.